The number of hydrogen-bond donors (Lipinski definition) is 1. The van der Waals surface area contributed by atoms with Crippen molar-refractivity contribution in [1.29, 1.82) is 0 Å². The van der Waals surface area contributed by atoms with Crippen molar-refractivity contribution in [3.05, 3.63) is 28.3 Å². The Morgan fingerprint density at radius 3 is 2.31 bits per heavy atom. The first-order valence-corrected chi connectivity index (χ1v) is 9.89. The molecule has 0 atom stereocenters. The minimum Gasteiger partial charge on any atom is -0.362 e. The van der Waals surface area contributed by atoms with Crippen LogP contribution >= 0.6 is 12.4 Å². The van der Waals surface area contributed by atoms with Gasteiger partial charge < -0.3 is 15.1 Å². The normalized spacial score (nSPS) is 18.0. The first kappa shape index (κ1) is 20.4. The number of carbonyl (C=O) groups excluding carboxylic acids is 1. The number of anilines is 1. The van der Waals surface area contributed by atoms with E-state index in [1.54, 1.807) is 4.90 Å². The highest BCUT2D eigenvalue weighted by atomic mass is 35.5. The van der Waals surface area contributed by atoms with E-state index in [2.05, 4.69) is 5.32 Å². The molecule has 2 saturated heterocycles. The second-order valence-corrected chi connectivity index (χ2v) is 8.36. The van der Waals surface area contributed by atoms with E-state index in [-0.39, 0.29) is 34.8 Å². The quantitative estimate of drug-likeness (QED) is 0.566. The summed E-state index contributed by atoms with van der Waals surface area (Å²) in [7, 11) is -3.51. The highest BCUT2D eigenvalue weighted by Crippen LogP contribution is 2.31. The lowest BCUT2D eigenvalue weighted by atomic mass is 10.0. The molecule has 2 heterocycles. The topological polar surface area (TPSA) is 113 Å². The molecule has 1 aromatic rings. The number of nitro groups is 1. The zero-order valence-corrected chi connectivity index (χ0v) is 15.9. The summed E-state index contributed by atoms with van der Waals surface area (Å²) >= 11 is 0. The number of nitrogens with one attached hydrogen (secondary N) is 1. The number of benzene rings is 1. The number of carbonyl (C=O) groups is 1. The lowest BCUT2D eigenvalue weighted by Gasteiger charge is -2.39. The molecule has 0 saturated carbocycles. The van der Waals surface area contributed by atoms with Crippen LogP contribution in [0.2, 0.25) is 0 Å². The highest BCUT2D eigenvalue weighted by molar-refractivity contribution is 7.90. The van der Waals surface area contributed by atoms with E-state index >= 15 is 0 Å². The molecular formula is C15H21ClN4O5S. The maximum Gasteiger partial charge on any atom is 0.293 e. The van der Waals surface area contributed by atoms with Crippen molar-refractivity contribution in [1.82, 2.24) is 10.2 Å². The van der Waals surface area contributed by atoms with Crippen molar-refractivity contribution >= 4 is 39.5 Å². The lowest BCUT2D eigenvalue weighted by molar-refractivity contribution is -0.384. The van der Waals surface area contributed by atoms with Gasteiger partial charge >= 0.3 is 0 Å². The smallest absolute Gasteiger partial charge is 0.293 e. The molecule has 9 nitrogen and oxygen atoms in total. The number of rotatable bonds is 4. The molecule has 0 unspecified atom stereocenters. The van der Waals surface area contributed by atoms with E-state index in [4.69, 9.17) is 0 Å². The third-order valence-electron chi connectivity index (χ3n) is 4.63. The number of nitro benzene ring substituents is 1. The lowest BCUT2D eigenvalue weighted by Crippen LogP contribution is -2.56. The van der Waals surface area contributed by atoms with Crippen molar-refractivity contribution in [3.8, 4) is 0 Å². The Bertz CT molecular complexity index is 804. The largest absolute Gasteiger partial charge is 0.362 e. The third-order valence-corrected chi connectivity index (χ3v) is 5.74. The molecule has 0 spiro atoms. The van der Waals surface area contributed by atoms with Crippen LogP contribution in [0.15, 0.2) is 23.1 Å². The number of sulfone groups is 1. The standard InChI is InChI=1S/C15H20N4O5S.ClH/c1-25(23,24)12-2-3-13(14(8-12)19(21)22)17-4-6-18(7-5-17)15(20)11-9-16-10-11;/h2-3,8,11,16H,4-7,9-10H2,1H3;1H. The molecule has 11 heteroatoms. The van der Waals surface area contributed by atoms with Crippen molar-refractivity contribution in [2.45, 2.75) is 4.90 Å². The first-order chi connectivity index (χ1) is 11.8. The zero-order valence-electron chi connectivity index (χ0n) is 14.3. The van der Waals surface area contributed by atoms with Gasteiger partial charge in [-0.1, -0.05) is 0 Å². The minimum atomic E-state index is -3.51. The van der Waals surface area contributed by atoms with Crippen molar-refractivity contribution in [3.63, 3.8) is 0 Å². The fraction of sp³-hybridized carbons (Fsp3) is 0.533. The van der Waals surface area contributed by atoms with Crippen molar-refractivity contribution in [2.24, 2.45) is 5.92 Å². The van der Waals surface area contributed by atoms with Crippen LogP contribution in [0.25, 0.3) is 0 Å². The van der Waals surface area contributed by atoms with Gasteiger partial charge in [-0.05, 0) is 12.1 Å². The summed E-state index contributed by atoms with van der Waals surface area (Å²) in [6, 6.07) is 3.96. The van der Waals surface area contributed by atoms with Gasteiger partial charge in [-0.3, -0.25) is 14.9 Å². The molecule has 1 amide bonds. The summed E-state index contributed by atoms with van der Waals surface area (Å²) in [4.78, 5) is 26.6. The Morgan fingerprint density at radius 1 is 1.23 bits per heavy atom. The fourth-order valence-electron chi connectivity index (χ4n) is 3.04. The summed E-state index contributed by atoms with van der Waals surface area (Å²) < 4.78 is 23.3. The molecule has 144 valence electrons. The van der Waals surface area contributed by atoms with Gasteiger partial charge in [-0.15, -0.1) is 12.4 Å². The first-order valence-electron chi connectivity index (χ1n) is 8.00. The summed E-state index contributed by atoms with van der Waals surface area (Å²) in [6.45, 7) is 3.37. The monoisotopic (exact) mass is 404 g/mol. The molecule has 0 bridgehead atoms. The number of hydrogen-bond acceptors (Lipinski definition) is 7. The van der Waals surface area contributed by atoms with Gasteiger partial charge in [0.2, 0.25) is 5.91 Å². The molecule has 2 fully saturated rings. The van der Waals surface area contributed by atoms with Gasteiger partial charge in [0.15, 0.2) is 9.84 Å². The number of amides is 1. The van der Waals surface area contributed by atoms with E-state index < -0.39 is 14.8 Å². The van der Waals surface area contributed by atoms with Gasteiger partial charge in [-0.25, -0.2) is 8.42 Å². The van der Waals surface area contributed by atoms with Gasteiger partial charge in [0.1, 0.15) is 5.69 Å². The molecule has 0 radical (unpaired) electrons. The zero-order chi connectivity index (χ0) is 18.2. The summed E-state index contributed by atoms with van der Waals surface area (Å²) in [6.07, 6.45) is 1.02. The molecule has 3 rings (SSSR count). The van der Waals surface area contributed by atoms with Crippen LogP contribution in [-0.4, -0.2) is 69.7 Å². The Labute approximate surface area is 157 Å². The van der Waals surface area contributed by atoms with E-state index in [0.29, 0.717) is 45.0 Å². The fourth-order valence-corrected chi connectivity index (χ4v) is 3.68. The Kier molecular flexibility index (Phi) is 6.09. The number of halogens is 1. The van der Waals surface area contributed by atoms with Gasteiger partial charge in [0.05, 0.1) is 15.7 Å². The SMILES string of the molecule is CS(=O)(=O)c1ccc(N2CCN(C(=O)C3CNC3)CC2)c([N+](=O)[O-])c1.Cl. The molecule has 2 aliphatic rings. The molecule has 26 heavy (non-hydrogen) atoms. The van der Waals surface area contributed by atoms with Crippen molar-refractivity contribution < 1.29 is 18.1 Å². The van der Waals surface area contributed by atoms with Crippen LogP contribution < -0.4 is 10.2 Å². The van der Waals surface area contributed by atoms with Crippen LogP contribution in [-0.2, 0) is 14.6 Å². The minimum absolute atomic E-state index is 0. The van der Waals surface area contributed by atoms with Gasteiger partial charge in [0, 0.05) is 51.6 Å². The highest BCUT2D eigenvalue weighted by Gasteiger charge is 2.32. The van der Waals surface area contributed by atoms with Crippen LogP contribution in [0, 0.1) is 16.0 Å². The van der Waals surface area contributed by atoms with Gasteiger partial charge in [0.25, 0.3) is 5.69 Å². The molecule has 1 N–H and O–H groups in total. The maximum absolute atomic E-state index is 12.2. The molecule has 0 aliphatic carbocycles. The Morgan fingerprint density at radius 2 is 1.85 bits per heavy atom. The third kappa shape index (κ3) is 4.08. The summed E-state index contributed by atoms with van der Waals surface area (Å²) in [5, 5.41) is 14.4. The molecular weight excluding hydrogens is 384 g/mol. The average molecular weight is 405 g/mol. The molecule has 0 aromatic heterocycles. The molecule has 1 aromatic carbocycles. The van der Waals surface area contributed by atoms with Crippen LogP contribution in [0.3, 0.4) is 0 Å². The van der Waals surface area contributed by atoms with Crippen LogP contribution in [0.5, 0.6) is 0 Å². The second-order valence-electron chi connectivity index (χ2n) is 6.35. The van der Waals surface area contributed by atoms with Crippen LogP contribution in [0.1, 0.15) is 0 Å². The number of nitrogens with zero attached hydrogens (tertiary/aromatic N) is 3. The summed E-state index contributed by atoms with van der Waals surface area (Å²) in [5.41, 5.74) is 0.153. The van der Waals surface area contributed by atoms with Gasteiger partial charge in [-0.2, -0.15) is 0 Å². The maximum atomic E-state index is 12.2. The van der Waals surface area contributed by atoms with Crippen molar-refractivity contribution in [2.75, 3.05) is 50.4 Å². The Hall–Kier alpha value is -1.91. The Balaban J connectivity index is 0.00000243. The summed E-state index contributed by atoms with van der Waals surface area (Å²) in [5.74, 6) is 0.162. The predicted molar refractivity (Wildman–Crippen MR) is 98.6 cm³/mol. The van der Waals surface area contributed by atoms with E-state index in [1.807, 2.05) is 4.90 Å². The van der Waals surface area contributed by atoms with E-state index in [1.165, 1.54) is 12.1 Å². The number of piperazine rings is 1. The molecule has 2 aliphatic heterocycles. The van der Waals surface area contributed by atoms with E-state index in [9.17, 15) is 23.3 Å². The average Bonchev–Trinajstić information content (AvgIpc) is 2.52. The van der Waals surface area contributed by atoms with Crippen LogP contribution in [0.4, 0.5) is 11.4 Å². The second kappa shape index (κ2) is 7.77. The van der Waals surface area contributed by atoms with E-state index in [0.717, 1.165) is 12.3 Å². The predicted octanol–water partition coefficient (Wildman–Crippen LogP) is 0.288.